The SMILES string of the molecule is Cc1ccc(CN(Cc2ccc(/C=N/NC(=O)C(=O)NCCc3ccccc3)o2)S(=O)(=O)c2ccc(Cl)cc2)cc1. The van der Waals surface area contributed by atoms with E-state index in [1.54, 1.807) is 12.1 Å². The summed E-state index contributed by atoms with van der Waals surface area (Å²) in [6.07, 6.45) is 1.82. The van der Waals surface area contributed by atoms with E-state index < -0.39 is 21.8 Å². The van der Waals surface area contributed by atoms with Gasteiger partial charge in [0, 0.05) is 18.1 Å². The summed E-state index contributed by atoms with van der Waals surface area (Å²) in [5.41, 5.74) is 5.07. The number of rotatable bonds is 11. The normalized spacial score (nSPS) is 11.6. The maximum atomic E-state index is 13.5. The van der Waals surface area contributed by atoms with E-state index in [0.29, 0.717) is 23.7 Å². The standard InChI is InChI=1S/C30H29ClN4O5S/c1-22-7-9-24(10-8-22)20-35(41(38,39)28-15-11-25(31)12-16-28)21-27-14-13-26(40-27)19-33-34-30(37)29(36)32-18-17-23-5-3-2-4-6-23/h2-16,19H,17-18,20-21H2,1H3,(H,32,36)(H,34,37)/b33-19+. The lowest BCUT2D eigenvalue weighted by atomic mass is 10.1. The predicted molar refractivity (Wildman–Crippen MR) is 157 cm³/mol. The maximum Gasteiger partial charge on any atom is 0.329 e. The molecule has 4 rings (SSSR count). The average molecular weight is 593 g/mol. The molecular formula is C30H29ClN4O5S. The quantitative estimate of drug-likeness (QED) is 0.151. The van der Waals surface area contributed by atoms with E-state index in [1.165, 1.54) is 34.8 Å². The summed E-state index contributed by atoms with van der Waals surface area (Å²) in [4.78, 5) is 24.2. The fourth-order valence-electron chi connectivity index (χ4n) is 3.85. The lowest BCUT2D eigenvalue weighted by Gasteiger charge is -2.21. The van der Waals surface area contributed by atoms with Gasteiger partial charge < -0.3 is 9.73 Å². The van der Waals surface area contributed by atoms with Crippen LogP contribution in [0.3, 0.4) is 0 Å². The van der Waals surface area contributed by atoms with E-state index in [4.69, 9.17) is 16.0 Å². The zero-order valence-corrected chi connectivity index (χ0v) is 23.9. The number of aryl methyl sites for hydroxylation is 1. The monoisotopic (exact) mass is 592 g/mol. The molecule has 0 saturated carbocycles. The molecule has 41 heavy (non-hydrogen) atoms. The molecule has 3 aromatic carbocycles. The van der Waals surface area contributed by atoms with E-state index in [9.17, 15) is 18.0 Å². The Balaban J connectivity index is 1.38. The third kappa shape index (κ3) is 8.62. The van der Waals surface area contributed by atoms with Crippen LogP contribution in [0, 0.1) is 6.92 Å². The van der Waals surface area contributed by atoms with Crippen molar-refractivity contribution in [1.82, 2.24) is 15.0 Å². The van der Waals surface area contributed by atoms with Gasteiger partial charge >= 0.3 is 11.8 Å². The highest BCUT2D eigenvalue weighted by Gasteiger charge is 2.26. The van der Waals surface area contributed by atoms with E-state index >= 15 is 0 Å². The first-order chi connectivity index (χ1) is 19.7. The molecule has 0 bridgehead atoms. The summed E-state index contributed by atoms with van der Waals surface area (Å²) < 4.78 is 34.1. The highest BCUT2D eigenvalue weighted by Crippen LogP contribution is 2.23. The molecule has 1 aromatic heterocycles. The number of carbonyl (C=O) groups excluding carboxylic acids is 2. The topological polar surface area (TPSA) is 121 Å². The second kappa shape index (κ2) is 13.9. The first-order valence-corrected chi connectivity index (χ1v) is 14.6. The molecule has 212 valence electrons. The largest absolute Gasteiger partial charge is 0.459 e. The van der Waals surface area contributed by atoms with Gasteiger partial charge in [0.1, 0.15) is 11.5 Å². The highest BCUT2D eigenvalue weighted by atomic mass is 35.5. The number of hydrogen-bond acceptors (Lipinski definition) is 6. The van der Waals surface area contributed by atoms with Gasteiger partial charge in [-0.15, -0.1) is 0 Å². The van der Waals surface area contributed by atoms with Crippen molar-refractivity contribution >= 4 is 39.7 Å². The molecule has 9 nitrogen and oxygen atoms in total. The second-order valence-electron chi connectivity index (χ2n) is 9.21. The van der Waals surface area contributed by atoms with Gasteiger partial charge in [0.25, 0.3) is 0 Å². The Hall–Kier alpha value is -4.25. The molecule has 0 unspecified atom stereocenters. The van der Waals surface area contributed by atoms with Gasteiger partial charge in [0.15, 0.2) is 0 Å². The number of halogens is 1. The number of hydrogen-bond donors (Lipinski definition) is 2. The number of hydrazone groups is 1. The van der Waals surface area contributed by atoms with E-state index in [-0.39, 0.29) is 23.7 Å². The average Bonchev–Trinajstić information content (AvgIpc) is 3.41. The Morgan fingerprint density at radius 3 is 2.29 bits per heavy atom. The van der Waals surface area contributed by atoms with Crippen LogP contribution >= 0.6 is 11.6 Å². The Morgan fingerprint density at radius 2 is 1.59 bits per heavy atom. The van der Waals surface area contributed by atoms with Crippen LogP contribution in [-0.4, -0.2) is 37.3 Å². The van der Waals surface area contributed by atoms with Crippen molar-refractivity contribution in [2.24, 2.45) is 5.10 Å². The first-order valence-electron chi connectivity index (χ1n) is 12.8. The third-order valence-corrected chi connectivity index (χ3v) is 8.11. The van der Waals surface area contributed by atoms with Gasteiger partial charge in [-0.05, 0) is 60.9 Å². The smallest absolute Gasteiger partial charge is 0.329 e. The summed E-state index contributed by atoms with van der Waals surface area (Å²) in [5.74, 6) is -1.10. The zero-order valence-electron chi connectivity index (χ0n) is 22.3. The van der Waals surface area contributed by atoms with E-state index in [1.807, 2.05) is 61.5 Å². The summed E-state index contributed by atoms with van der Waals surface area (Å²) in [6, 6.07) is 26.3. The van der Waals surface area contributed by atoms with Crippen molar-refractivity contribution < 1.29 is 22.4 Å². The molecule has 11 heteroatoms. The minimum absolute atomic E-state index is 0.0527. The van der Waals surface area contributed by atoms with Crippen molar-refractivity contribution in [3.8, 4) is 0 Å². The number of amides is 2. The summed E-state index contributed by atoms with van der Waals surface area (Å²) in [7, 11) is -3.90. The van der Waals surface area contributed by atoms with Crippen LogP contribution in [-0.2, 0) is 39.1 Å². The molecule has 2 amide bonds. The van der Waals surface area contributed by atoms with Crippen LogP contribution in [0.5, 0.6) is 0 Å². The van der Waals surface area contributed by atoms with Crippen LogP contribution in [0.25, 0.3) is 0 Å². The molecule has 0 saturated heterocycles. The fraction of sp³-hybridized carbons (Fsp3) is 0.167. The number of nitrogens with one attached hydrogen (secondary N) is 2. The molecule has 0 spiro atoms. The molecule has 4 aromatic rings. The third-order valence-electron chi connectivity index (χ3n) is 6.05. The first kappa shape index (κ1) is 29.7. The van der Waals surface area contributed by atoms with Gasteiger partial charge in [0.05, 0.1) is 17.7 Å². The molecule has 2 N–H and O–H groups in total. The van der Waals surface area contributed by atoms with Crippen LogP contribution in [0.15, 0.2) is 105 Å². The highest BCUT2D eigenvalue weighted by molar-refractivity contribution is 7.89. The summed E-state index contributed by atoms with van der Waals surface area (Å²) >= 11 is 5.96. The van der Waals surface area contributed by atoms with Crippen molar-refractivity contribution in [3.63, 3.8) is 0 Å². The minimum Gasteiger partial charge on any atom is -0.459 e. The second-order valence-corrected chi connectivity index (χ2v) is 11.6. The Bertz CT molecular complexity index is 1600. The fourth-order valence-corrected chi connectivity index (χ4v) is 5.37. The van der Waals surface area contributed by atoms with Gasteiger partial charge in [-0.25, -0.2) is 13.8 Å². The summed E-state index contributed by atoms with van der Waals surface area (Å²) in [6.45, 7) is 2.33. The van der Waals surface area contributed by atoms with Crippen LogP contribution in [0.2, 0.25) is 5.02 Å². The van der Waals surface area contributed by atoms with E-state index in [2.05, 4.69) is 15.8 Å². The molecule has 0 aliphatic rings. The number of carbonyl (C=O) groups is 2. The van der Waals surface area contributed by atoms with Gasteiger partial charge in [-0.3, -0.25) is 9.59 Å². The van der Waals surface area contributed by atoms with Gasteiger partial charge in [-0.1, -0.05) is 71.8 Å². The molecule has 1 heterocycles. The molecule has 0 atom stereocenters. The molecular weight excluding hydrogens is 564 g/mol. The molecule has 0 fully saturated rings. The summed E-state index contributed by atoms with van der Waals surface area (Å²) in [5, 5.41) is 6.75. The Labute approximate surface area is 243 Å². The number of benzene rings is 3. The van der Waals surface area contributed by atoms with Crippen molar-refractivity contribution in [1.29, 1.82) is 0 Å². The lowest BCUT2D eigenvalue weighted by molar-refractivity contribution is -0.139. The Morgan fingerprint density at radius 1 is 0.878 bits per heavy atom. The number of furan rings is 1. The predicted octanol–water partition coefficient (Wildman–Crippen LogP) is 4.44. The van der Waals surface area contributed by atoms with Crippen LogP contribution < -0.4 is 10.7 Å². The number of nitrogens with zero attached hydrogens (tertiary/aromatic N) is 2. The van der Waals surface area contributed by atoms with E-state index in [0.717, 1.165) is 16.7 Å². The number of sulfonamides is 1. The van der Waals surface area contributed by atoms with Crippen molar-refractivity contribution in [3.05, 3.63) is 124 Å². The lowest BCUT2D eigenvalue weighted by Crippen LogP contribution is -2.38. The minimum atomic E-state index is -3.90. The zero-order chi connectivity index (χ0) is 29.2. The molecule has 0 radical (unpaired) electrons. The van der Waals surface area contributed by atoms with Crippen molar-refractivity contribution in [2.75, 3.05) is 6.54 Å². The maximum absolute atomic E-state index is 13.5. The van der Waals surface area contributed by atoms with Gasteiger partial charge in [-0.2, -0.15) is 9.41 Å². The Kier molecular flexibility index (Phi) is 10.1. The van der Waals surface area contributed by atoms with Gasteiger partial charge in [0.2, 0.25) is 10.0 Å². The molecule has 0 aliphatic carbocycles. The van der Waals surface area contributed by atoms with Crippen LogP contribution in [0.4, 0.5) is 0 Å². The van der Waals surface area contributed by atoms with Crippen LogP contribution in [0.1, 0.15) is 28.2 Å². The van der Waals surface area contributed by atoms with Crippen molar-refractivity contribution in [2.45, 2.75) is 31.3 Å². The molecule has 0 aliphatic heterocycles.